The van der Waals surface area contributed by atoms with Crippen molar-refractivity contribution in [2.45, 2.75) is 0 Å². The van der Waals surface area contributed by atoms with E-state index in [1.165, 1.54) is 0 Å². The number of carbonyl (C=O) groups is 2. The summed E-state index contributed by atoms with van der Waals surface area (Å²) in [4.78, 5) is 23.5. The monoisotopic (exact) mass is 279 g/mol. The SMILES string of the molecule is N#Cc1cccc(NC(=O)CNC(=O)c2ccccc2)c1. The number of nitrogens with zero attached hydrogens (tertiary/aromatic N) is 1. The third-order valence-corrected chi connectivity index (χ3v) is 2.72. The summed E-state index contributed by atoms with van der Waals surface area (Å²) in [5, 5.41) is 13.9. The highest BCUT2D eigenvalue weighted by molar-refractivity contribution is 5.99. The molecule has 104 valence electrons. The normalized spacial score (nSPS) is 9.48. The zero-order chi connectivity index (χ0) is 15.1. The summed E-state index contributed by atoms with van der Waals surface area (Å²) in [6, 6.07) is 17.2. The van der Waals surface area contributed by atoms with E-state index in [-0.39, 0.29) is 18.4 Å². The third-order valence-electron chi connectivity index (χ3n) is 2.72. The van der Waals surface area contributed by atoms with Crippen LogP contribution < -0.4 is 10.6 Å². The van der Waals surface area contributed by atoms with Gasteiger partial charge in [0.25, 0.3) is 5.91 Å². The molecule has 2 amide bonds. The number of nitriles is 1. The second-order valence-corrected chi connectivity index (χ2v) is 4.29. The summed E-state index contributed by atoms with van der Waals surface area (Å²) in [6.07, 6.45) is 0. The number of hydrogen-bond acceptors (Lipinski definition) is 3. The van der Waals surface area contributed by atoms with E-state index in [9.17, 15) is 9.59 Å². The second kappa shape index (κ2) is 6.87. The number of anilines is 1. The molecular formula is C16H13N3O2. The van der Waals surface area contributed by atoms with Gasteiger partial charge in [0, 0.05) is 11.3 Å². The van der Waals surface area contributed by atoms with Crippen LogP contribution in [0.3, 0.4) is 0 Å². The molecule has 0 aliphatic carbocycles. The minimum absolute atomic E-state index is 0.134. The van der Waals surface area contributed by atoms with Gasteiger partial charge in [-0.2, -0.15) is 5.26 Å². The van der Waals surface area contributed by atoms with E-state index in [0.29, 0.717) is 16.8 Å². The van der Waals surface area contributed by atoms with E-state index < -0.39 is 0 Å². The van der Waals surface area contributed by atoms with Gasteiger partial charge in [0.1, 0.15) is 0 Å². The summed E-state index contributed by atoms with van der Waals surface area (Å²) in [5.74, 6) is -0.661. The fraction of sp³-hybridized carbons (Fsp3) is 0.0625. The van der Waals surface area contributed by atoms with Crippen LogP contribution in [0.25, 0.3) is 0 Å². The number of benzene rings is 2. The molecule has 0 spiro atoms. The minimum atomic E-state index is -0.352. The van der Waals surface area contributed by atoms with Gasteiger partial charge in [-0.25, -0.2) is 0 Å². The van der Waals surface area contributed by atoms with Crippen LogP contribution in [0.15, 0.2) is 54.6 Å². The smallest absolute Gasteiger partial charge is 0.251 e. The largest absolute Gasteiger partial charge is 0.343 e. The van der Waals surface area contributed by atoms with Crippen LogP contribution in [-0.2, 0) is 4.79 Å². The molecule has 0 heterocycles. The molecule has 21 heavy (non-hydrogen) atoms. The lowest BCUT2D eigenvalue weighted by Crippen LogP contribution is -2.32. The lowest BCUT2D eigenvalue weighted by atomic mass is 10.2. The molecule has 2 aromatic carbocycles. The van der Waals surface area contributed by atoms with Crippen molar-refractivity contribution in [1.29, 1.82) is 5.26 Å². The van der Waals surface area contributed by atoms with Gasteiger partial charge >= 0.3 is 0 Å². The van der Waals surface area contributed by atoms with Gasteiger partial charge in [0.15, 0.2) is 0 Å². The average molecular weight is 279 g/mol. The maximum absolute atomic E-state index is 11.8. The molecule has 0 fully saturated rings. The second-order valence-electron chi connectivity index (χ2n) is 4.29. The first kappa shape index (κ1) is 14.3. The molecule has 0 saturated heterocycles. The van der Waals surface area contributed by atoms with Crippen molar-refractivity contribution < 1.29 is 9.59 Å². The molecule has 0 unspecified atom stereocenters. The molecule has 2 N–H and O–H groups in total. The molecule has 0 bridgehead atoms. The van der Waals surface area contributed by atoms with Crippen molar-refractivity contribution in [1.82, 2.24) is 5.32 Å². The van der Waals surface area contributed by atoms with E-state index in [2.05, 4.69) is 10.6 Å². The van der Waals surface area contributed by atoms with Crippen LogP contribution in [-0.4, -0.2) is 18.4 Å². The highest BCUT2D eigenvalue weighted by Crippen LogP contribution is 2.09. The molecule has 0 aliphatic rings. The van der Waals surface area contributed by atoms with Crippen molar-refractivity contribution in [2.75, 3.05) is 11.9 Å². The van der Waals surface area contributed by atoms with Crippen LogP contribution in [0, 0.1) is 11.3 Å². The van der Waals surface area contributed by atoms with E-state index in [1.807, 2.05) is 12.1 Å². The van der Waals surface area contributed by atoms with Crippen molar-refractivity contribution >= 4 is 17.5 Å². The van der Waals surface area contributed by atoms with Gasteiger partial charge in [-0.15, -0.1) is 0 Å². The van der Waals surface area contributed by atoms with E-state index in [4.69, 9.17) is 5.26 Å². The molecule has 2 rings (SSSR count). The number of nitrogens with one attached hydrogen (secondary N) is 2. The van der Waals surface area contributed by atoms with Gasteiger partial charge in [0.2, 0.25) is 5.91 Å². The zero-order valence-corrected chi connectivity index (χ0v) is 11.2. The standard InChI is InChI=1S/C16H13N3O2/c17-10-12-5-4-8-14(9-12)19-15(20)11-18-16(21)13-6-2-1-3-7-13/h1-9H,11H2,(H,18,21)(H,19,20). The first-order valence-electron chi connectivity index (χ1n) is 6.32. The number of rotatable bonds is 4. The van der Waals surface area contributed by atoms with Crippen LogP contribution in [0.5, 0.6) is 0 Å². The Morgan fingerprint density at radius 3 is 2.52 bits per heavy atom. The molecule has 2 aromatic rings. The lowest BCUT2D eigenvalue weighted by molar-refractivity contribution is -0.115. The van der Waals surface area contributed by atoms with Gasteiger partial charge < -0.3 is 10.6 Å². The van der Waals surface area contributed by atoms with Crippen molar-refractivity contribution in [3.05, 3.63) is 65.7 Å². The predicted molar refractivity (Wildman–Crippen MR) is 78.6 cm³/mol. The molecule has 0 aromatic heterocycles. The third kappa shape index (κ3) is 4.18. The quantitative estimate of drug-likeness (QED) is 0.897. The molecule has 0 radical (unpaired) electrons. The Morgan fingerprint density at radius 1 is 1.05 bits per heavy atom. The maximum Gasteiger partial charge on any atom is 0.251 e. The molecule has 5 nitrogen and oxygen atoms in total. The summed E-state index contributed by atoms with van der Waals surface area (Å²) in [6.45, 7) is -0.134. The highest BCUT2D eigenvalue weighted by atomic mass is 16.2. The topological polar surface area (TPSA) is 82.0 Å². The Labute approximate surface area is 122 Å². The van der Waals surface area contributed by atoms with Crippen LogP contribution in [0.1, 0.15) is 15.9 Å². The van der Waals surface area contributed by atoms with Gasteiger partial charge in [-0.05, 0) is 30.3 Å². The molecular weight excluding hydrogens is 266 g/mol. The Hall–Kier alpha value is -3.13. The Balaban J connectivity index is 1.88. The van der Waals surface area contributed by atoms with Gasteiger partial charge in [-0.1, -0.05) is 24.3 Å². The summed E-state index contributed by atoms with van der Waals surface area (Å²) >= 11 is 0. The van der Waals surface area contributed by atoms with E-state index in [0.717, 1.165) is 0 Å². The van der Waals surface area contributed by atoms with E-state index in [1.54, 1.807) is 48.5 Å². The summed E-state index contributed by atoms with van der Waals surface area (Å²) < 4.78 is 0. The van der Waals surface area contributed by atoms with Gasteiger partial charge in [-0.3, -0.25) is 9.59 Å². The van der Waals surface area contributed by atoms with Crippen LogP contribution >= 0.6 is 0 Å². The fourth-order valence-electron chi connectivity index (χ4n) is 1.72. The average Bonchev–Trinajstić information content (AvgIpc) is 2.53. The fourth-order valence-corrected chi connectivity index (χ4v) is 1.72. The molecule has 0 saturated carbocycles. The van der Waals surface area contributed by atoms with Gasteiger partial charge in [0.05, 0.1) is 18.2 Å². The lowest BCUT2D eigenvalue weighted by Gasteiger charge is -2.07. The number of hydrogen-bond donors (Lipinski definition) is 2. The number of amides is 2. The first-order valence-corrected chi connectivity index (χ1v) is 6.32. The number of carbonyl (C=O) groups excluding carboxylic acids is 2. The predicted octanol–water partition coefficient (Wildman–Crippen LogP) is 1.93. The van der Waals surface area contributed by atoms with Crippen LogP contribution in [0.2, 0.25) is 0 Å². The molecule has 0 aliphatic heterocycles. The van der Waals surface area contributed by atoms with E-state index >= 15 is 0 Å². The minimum Gasteiger partial charge on any atom is -0.343 e. The molecule has 5 heteroatoms. The Bertz CT molecular complexity index is 690. The summed E-state index contributed by atoms with van der Waals surface area (Å²) in [5.41, 5.74) is 1.48. The van der Waals surface area contributed by atoms with Crippen molar-refractivity contribution in [3.63, 3.8) is 0 Å². The van der Waals surface area contributed by atoms with Crippen LogP contribution in [0.4, 0.5) is 5.69 Å². The van der Waals surface area contributed by atoms with Crippen molar-refractivity contribution in [2.24, 2.45) is 0 Å². The Morgan fingerprint density at radius 2 is 1.81 bits per heavy atom. The van der Waals surface area contributed by atoms with Crippen molar-refractivity contribution in [3.8, 4) is 6.07 Å². The molecule has 0 atom stereocenters. The zero-order valence-electron chi connectivity index (χ0n) is 11.2. The summed E-state index contributed by atoms with van der Waals surface area (Å²) in [7, 11) is 0. The maximum atomic E-state index is 11.8. The highest BCUT2D eigenvalue weighted by Gasteiger charge is 2.07. The Kier molecular flexibility index (Phi) is 4.67. The first-order chi connectivity index (χ1) is 10.2.